The molecule has 94 valence electrons. The Bertz CT molecular complexity index is 390. The van der Waals surface area contributed by atoms with Crippen LogP contribution >= 0.6 is 11.6 Å². The van der Waals surface area contributed by atoms with Crippen molar-refractivity contribution >= 4 is 17.3 Å². The molecule has 1 saturated heterocycles. The van der Waals surface area contributed by atoms with Gasteiger partial charge < -0.3 is 10.2 Å². The number of rotatable bonds is 2. The van der Waals surface area contributed by atoms with Crippen LogP contribution < -0.4 is 10.2 Å². The van der Waals surface area contributed by atoms with Crippen molar-refractivity contribution in [2.24, 2.45) is 0 Å². The highest BCUT2D eigenvalue weighted by molar-refractivity contribution is 6.30. The molecule has 0 saturated carbocycles. The molecule has 1 aliphatic rings. The van der Waals surface area contributed by atoms with Crippen molar-refractivity contribution in [3.8, 4) is 0 Å². The number of halogens is 1. The van der Waals surface area contributed by atoms with Crippen LogP contribution in [0.4, 0.5) is 5.69 Å². The number of piperidine rings is 1. The molecule has 0 aliphatic carbocycles. The summed E-state index contributed by atoms with van der Waals surface area (Å²) in [6, 6.07) is 8.78. The van der Waals surface area contributed by atoms with E-state index in [1.54, 1.807) is 0 Å². The first-order chi connectivity index (χ1) is 8.03. The average Bonchev–Trinajstić information content (AvgIpc) is 2.27. The Labute approximate surface area is 109 Å². The maximum Gasteiger partial charge on any atom is 0.0426 e. The van der Waals surface area contributed by atoms with E-state index in [-0.39, 0.29) is 5.54 Å². The number of nitrogens with zero attached hydrogens (tertiary/aromatic N) is 1. The van der Waals surface area contributed by atoms with Crippen molar-refractivity contribution in [3.05, 3.63) is 29.3 Å². The molecular weight excluding hydrogens is 232 g/mol. The van der Waals surface area contributed by atoms with Crippen LogP contribution in [-0.2, 0) is 0 Å². The lowest BCUT2D eigenvalue weighted by molar-refractivity contribution is 0.302. The van der Waals surface area contributed by atoms with Crippen molar-refractivity contribution in [1.29, 1.82) is 0 Å². The second kappa shape index (κ2) is 4.87. The van der Waals surface area contributed by atoms with Crippen LogP contribution in [0, 0.1) is 0 Å². The van der Waals surface area contributed by atoms with Crippen LogP contribution in [0.3, 0.4) is 0 Å². The third kappa shape index (κ3) is 2.75. The van der Waals surface area contributed by atoms with Gasteiger partial charge in [0.25, 0.3) is 0 Å². The molecule has 1 unspecified atom stereocenters. The Hall–Kier alpha value is -0.730. The van der Waals surface area contributed by atoms with E-state index in [0.717, 1.165) is 18.0 Å². The molecule has 1 N–H and O–H groups in total. The molecule has 1 aromatic carbocycles. The minimum atomic E-state index is 0.177. The molecular formula is C14H21ClN2. The predicted molar refractivity (Wildman–Crippen MR) is 75.0 cm³/mol. The summed E-state index contributed by atoms with van der Waals surface area (Å²) in [6.45, 7) is 5.69. The fourth-order valence-corrected chi connectivity index (χ4v) is 2.96. The summed E-state index contributed by atoms with van der Waals surface area (Å²) in [5.41, 5.74) is 1.41. The highest BCUT2D eigenvalue weighted by Gasteiger charge is 2.34. The summed E-state index contributed by atoms with van der Waals surface area (Å²) >= 11 is 6.07. The van der Waals surface area contributed by atoms with Crippen LogP contribution in [0.5, 0.6) is 0 Å². The molecule has 2 rings (SSSR count). The Morgan fingerprint density at radius 1 is 1.41 bits per heavy atom. The van der Waals surface area contributed by atoms with Crippen molar-refractivity contribution in [3.63, 3.8) is 0 Å². The highest BCUT2D eigenvalue weighted by atomic mass is 35.5. The highest BCUT2D eigenvalue weighted by Crippen LogP contribution is 2.33. The van der Waals surface area contributed by atoms with E-state index in [9.17, 15) is 0 Å². The van der Waals surface area contributed by atoms with Crippen LogP contribution in [0.25, 0.3) is 0 Å². The second-order valence-corrected chi connectivity index (χ2v) is 5.86. The van der Waals surface area contributed by atoms with Crippen molar-refractivity contribution in [2.75, 3.05) is 18.5 Å². The van der Waals surface area contributed by atoms with Gasteiger partial charge in [0.05, 0.1) is 0 Å². The first-order valence-corrected chi connectivity index (χ1v) is 6.61. The van der Waals surface area contributed by atoms with E-state index in [0.29, 0.717) is 6.04 Å². The summed E-state index contributed by atoms with van der Waals surface area (Å²) in [4.78, 5) is 2.46. The van der Waals surface area contributed by atoms with Gasteiger partial charge in [-0.3, -0.25) is 0 Å². The number of anilines is 1. The van der Waals surface area contributed by atoms with Gasteiger partial charge in [0.1, 0.15) is 0 Å². The normalized spacial score (nSPS) is 23.8. The summed E-state index contributed by atoms with van der Waals surface area (Å²) in [5, 5.41) is 4.20. The van der Waals surface area contributed by atoms with Crippen molar-refractivity contribution in [1.82, 2.24) is 5.32 Å². The van der Waals surface area contributed by atoms with Gasteiger partial charge in [0, 0.05) is 28.8 Å². The van der Waals surface area contributed by atoms with E-state index >= 15 is 0 Å². The van der Waals surface area contributed by atoms with Gasteiger partial charge in [-0.15, -0.1) is 0 Å². The van der Waals surface area contributed by atoms with E-state index in [4.69, 9.17) is 11.6 Å². The quantitative estimate of drug-likeness (QED) is 0.869. The van der Waals surface area contributed by atoms with E-state index in [1.165, 1.54) is 12.1 Å². The van der Waals surface area contributed by atoms with Gasteiger partial charge in [-0.05, 0) is 51.9 Å². The average molecular weight is 253 g/mol. The Kier molecular flexibility index (Phi) is 3.64. The summed E-state index contributed by atoms with van der Waals surface area (Å²) < 4.78 is 0. The summed E-state index contributed by atoms with van der Waals surface area (Å²) in [5.74, 6) is 0. The zero-order chi connectivity index (χ0) is 12.5. The molecule has 0 bridgehead atoms. The van der Waals surface area contributed by atoms with Crippen molar-refractivity contribution in [2.45, 2.75) is 38.3 Å². The first kappa shape index (κ1) is 12.7. The van der Waals surface area contributed by atoms with E-state index < -0.39 is 0 Å². The summed E-state index contributed by atoms with van der Waals surface area (Å²) in [7, 11) is 2.05. The van der Waals surface area contributed by atoms with E-state index in [2.05, 4.69) is 43.2 Å². The van der Waals surface area contributed by atoms with Gasteiger partial charge in [0.15, 0.2) is 0 Å². The number of hydrogen-bond donors (Lipinski definition) is 1. The largest absolute Gasteiger partial charge is 0.366 e. The molecule has 17 heavy (non-hydrogen) atoms. The maximum absolute atomic E-state index is 6.07. The van der Waals surface area contributed by atoms with Crippen molar-refractivity contribution < 1.29 is 0 Å². The van der Waals surface area contributed by atoms with Crippen LogP contribution in [-0.4, -0.2) is 25.2 Å². The van der Waals surface area contributed by atoms with Gasteiger partial charge in [0.2, 0.25) is 0 Å². The second-order valence-electron chi connectivity index (χ2n) is 5.42. The maximum atomic E-state index is 6.07. The Morgan fingerprint density at radius 3 is 2.76 bits per heavy atom. The minimum Gasteiger partial charge on any atom is -0.366 e. The molecule has 0 spiro atoms. The third-order valence-corrected chi connectivity index (χ3v) is 3.94. The van der Waals surface area contributed by atoms with Gasteiger partial charge in [-0.2, -0.15) is 0 Å². The minimum absolute atomic E-state index is 0.177. The molecule has 1 fully saturated rings. The Balaban J connectivity index is 2.22. The SMILES string of the molecule is CNC1CCN(c2cccc(Cl)c2)C(C)(C)C1. The molecule has 1 aliphatic heterocycles. The lowest BCUT2D eigenvalue weighted by atomic mass is 9.86. The standard InChI is InChI=1S/C14H21ClN2/c1-14(2)10-12(16-3)7-8-17(14)13-6-4-5-11(15)9-13/h4-6,9,12,16H,7-8,10H2,1-3H3. The van der Waals surface area contributed by atoms with Crippen LogP contribution in [0.2, 0.25) is 5.02 Å². The smallest absolute Gasteiger partial charge is 0.0426 e. The fourth-order valence-electron chi connectivity index (χ4n) is 2.77. The number of nitrogens with one attached hydrogen (secondary N) is 1. The van der Waals surface area contributed by atoms with Gasteiger partial charge in [-0.1, -0.05) is 17.7 Å². The van der Waals surface area contributed by atoms with Crippen LogP contribution in [0.1, 0.15) is 26.7 Å². The fraction of sp³-hybridized carbons (Fsp3) is 0.571. The molecule has 0 aromatic heterocycles. The Morgan fingerprint density at radius 2 is 2.18 bits per heavy atom. The lowest BCUT2D eigenvalue weighted by Crippen LogP contribution is -2.54. The molecule has 0 amide bonds. The monoisotopic (exact) mass is 252 g/mol. The molecule has 3 heteroatoms. The molecule has 0 radical (unpaired) electrons. The number of hydrogen-bond acceptors (Lipinski definition) is 2. The lowest BCUT2D eigenvalue weighted by Gasteiger charge is -2.47. The van der Waals surface area contributed by atoms with Gasteiger partial charge >= 0.3 is 0 Å². The summed E-state index contributed by atoms with van der Waals surface area (Å²) in [6.07, 6.45) is 2.35. The number of benzene rings is 1. The zero-order valence-electron chi connectivity index (χ0n) is 10.8. The zero-order valence-corrected chi connectivity index (χ0v) is 11.6. The van der Waals surface area contributed by atoms with E-state index in [1.807, 2.05) is 12.1 Å². The molecule has 1 atom stereocenters. The van der Waals surface area contributed by atoms with Gasteiger partial charge in [-0.25, -0.2) is 0 Å². The first-order valence-electron chi connectivity index (χ1n) is 6.23. The third-order valence-electron chi connectivity index (χ3n) is 3.71. The molecule has 1 heterocycles. The topological polar surface area (TPSA) is 15.3 Å². The molecule has 2 nitrogen and oxygen atoms in total. The molecule has 1 aromatic rings. The van der Waals surface area contributed by atoms with Crippen LogP contribution in [0.15, 0.2) is 24.3 Å². The predicted octanol–water partition coefficient (Wildman–Crippen LogP) is 3.31.